The van der Waals surface area contributed by atoms with Crippen LogP contribution in [0.1, 0.15) is 48.7 Å². The van der Waals surface area contributed by atoms with Crippen LogP contribution in [0.2, 0.25) is 0 Å². The maximum absolute atomic E-state index is 13.6. The number of carboxylic acid groups (broad SMARTS) is 1. The van der Waals surface area contributed by atoms with Gasteiger partial charge in [0.05, 0.1) is 11.1 Å². The van der Waals surface area contributed by atoms with Gasteiger partial charge in [-0.15, -0.1) is 0 Å². The van der Waals surface area contributed by atoms with Gasteiger partial charge in [0.25, 0.3) is 5.91 Å². The number of amides is 1. The Bertz CT molecular complexity index is 815. The van der Waals surface area contributed by atoms with E-state index in [1.807, 2.05) is 0 Å². The van der Waals surface area contributed by atoms with E-state index in [2.05, 4.69) is 10.3 Å². The van der Waals surface area contributed by atoms with E-state index >= 15 is 0 Å². The number of nitrogens with one attached hydrogen (secondary N) is 1. The Morgan fingerprint density at radius 3 is 2.58 bits per heavy atom. The molecule has 1 saturated carbocycles. The number of aliphatic carboxylic acids is 1. The fraction of sp³-hybridized carbons (Fsp3) is 0.389. The number of halogens is 1. The van der Waals surface area contributed by atoms with Crippen molar-refractivity contribution in [3.05, 3.63) is 41.3 Å². The summed E-state index contributed by atoms with van der Waals surface area (Å²) in [5.74, 6) is -2.01. The Kier molecular flexibility index (Phi) is 4.22. The van der Waals surface area contributed by atoms with Gasteiger partial charge in [-0.25, -0.2) is 9.18 Å². The van der Waals surface area contributed by atoms with Crippen molar-refractivity contribution in [1.29, 1.82) is 0 Å². The molecule has 0 saturated heterocycles. The van der Waals surface area contributed by atoms with Crippen LogP contribution in [0.25, 0.3) is 10.9 Å². The zero-order chi connectivity index (χ0) is 17.4. The summed E-state index contributed by atoms with van der Waals surface area (Å²) in [7, 11) is 0. The minimum Gasteiger partial charge on any atom is -0.480 e. The summed E-state index contributed by atoms with van der Waals surface area (Å²) in [6, 6.07) is 4.78. The summed E-state index contributed by atoms with van der Waals surface area (Å²) >= 11 is 0. The molecule has 1 amide bonds. The highest BCUT2D eigenvalue weighted by atomic mass is 19.1. The summed E-state index contributed by atoms with van der Waals surface area (Å²) in [6.07, 6.45) is 2.04. The van der Waals surface area contributed by atoms with Gasteiger partial charge in [0.1, 0.15) is 11.9 Å². The highest BCUT2D eigenvalue weighted by Gasteiger charge is 2.29. The third-order valence-corrected chi connectivity index (χ3v) is 4.25. The molecule has 1 atom stereocenters. The van der Waals surface area contributed by atoms with Gasteiger partial charge in [-0.2, -0.15) is 0 Å². The fourth-order valence-electron chi connectivity index (χ4n) is 2.73. The fourth-order valence-corrected chi connectivity index (χ4v) is 2.73. The number of aromatic nitrogens is 1. The number of hydrogen-bond donors (Lipinski definition) is 2. The monoisotopic (exact) mass is 330 g/mol. The quantitative estimate of drug-likeness (QED) is 0.883. The highest BCUT2D eigenvalue weighted by Crippen LogP contribution is 2.40. The molecule has 1 heterocycles. The van der Waals surface area contributed by atoms with Crippen LogP contribution in [0, 0.1) is 11.7 Å². The first-order valence-electron chi connectivity index (χ1n) is 8.00. The standard InChI is InChI=1S/C18H19FN2O3/c1-9(2)16(18(23)24)21-17(22)13-8-15(10-3-4-10)20-14-6-5-11(19)7-12(13)14/h5-10,16H,3-4H2,1-2H3,(H,21,22)(H,23,24)/t16-/m1/s1. The normalized spacial score (nSPS) is 15.5. The van der Waals surface area contributed by atoms with Gasteiger partial charge >= 0.3 is 5.97 Å². The molecular formula is C18H19FN2O3. The Balaban J connectivity index is 2.04. The lowest BCUT2D eigenvalue weighted by molar-refractivity contribution is -0.140. The number of benzene rings is 1. The average molecular weight is 330 g/mol. The number of fused-ring (bicyclic) bond motifs is 1. The zero-order valence-corrected chi connectivity index (χ0v) is 13.5. The van der Waals surface area contributed by atoms with Crippen molar-refractivity contribution in [2.45, 2.75) is 38.6 Å². The molecule has 1 aromatic carbocycles. The van der Waals surface area contributed by atoms with Crippen molar-refractivity contribution in [2.75, 3.05) is 0 Å². The lowest BCUT2D eigenvalue weighted by Gasteiger charge is -2.18. The largest absolute Gasteiger partial charge is 0.480 e. The van der Waals surface area contributed by atoms with Crippen molar-refractivity contribution >= 4 is 22.8 Å². The zero-order valence-electron chi connectivity index (χ0n) is 13.5. The van der Waals surface area contributed by atoms with E-state index in [4.69, 9.17) is 0 Å². The minimum absolute atomic E-state index is 0.265. The Hall–Kier alpha value is -2.50. The molecule has 0 bridgehead atoms. The van der Waals surface area contributed by atoms with Gasteiger partial charge in [-0.3, -0.25) is 9.78 Å². The lowest BCUT2D eigenvalue weighted by atomic mass is 10.0. The molecule has 1 aliphatic carbocycles. The molecule has 6 heteroatoms. The molecule has 1 aliphatic rings. The lowest BCUT2D eigenvalue weighted by Crippen LogP contribution is -2.44. The maximum Gasteiger partial charge on any atom is 0.326 e. The summed E-state index contributed by atoms with van der Waals surface area (Å²) in [5, 5.41) is 12.2. The van der Waals surface area contributed by atoms with Gasteiger partial charge < -0.3 is 10.4 Å². The number of carboxylic acids is 1. The second-order valence-electron chi connectivity index (χ2n) is 6.56. The van der Waals surface area contributed by atoms with Gasteiger partial charge in [-0.1, -0.05) is 13.8 Å². The number of pyridine rings is 1. The number of rotatable bonds is 5. The minimum atomic E-state index is -1.09. The SMILES string of the molecule is CC(C)[C@@H](NC(=O)c1cc(C2CC2)nc2ccc(F)cc12)C(=O)O. The third-order valence-electron chi connectivity index (χ3n) is 4.25. The van der Waals surface area contributed by atoms with E-state index in [-0.39, 0.29) is 11.5 Å². The average Bonchev–Trinajstić information content (AvgIpc) is 3.35. The first kappa shape index (κ1) is 16.4. The van der Waals surface area contributed by atoms with E-state index < -0.39 is 23.7 Å². The van der Waals surface area contributed by atoms with Gasteiger partial charge in [-0.05, 0) is 43.0 Å². The van der Waals surface area contributed by atoms with E-state index in [0.29, 0.717) is 16.8 Å². The van der Waals surface area contributed by atoms with Crippen molar-refractivity contribution < 1.29 is 19.1 Å². The van der Waals surface area contributed by atoms with Crippen molar-refractivity contribution in [3.63, 3.8) is 0 Å². The molecule has 1 fully saturated rings. The van der Waals surface area contributed by atoms with Crippen LogP contribution >= 0.6 is 0 Å². The first-order chi connectivity index (χ1) is 11.4. The van der Waals surface area contributed by atoms with Crippen molar-refractivity contribution in [1.82, 2.24) is 10.3 Å². The van der Waals surface area contributed by atoms with E-state index in [1.165, 1.54) is 12.1 Å². The van der Waals surface area contributed by atoms with Crippen molar-refractivity contribution in [2.24, 2.45) is 5.92 Å². The highest BCUT2D eigenvalue weighted by molar-refractivity contribution is 6.07. The van der Waals surface area contributed by atoms with Crippen LogP contribution in [0.4, 0.5) is 4.39 Å². The summed E-state index contributed by atoms with van der Waals surface area (Å²) in [6.45, 7) is 3.44. The Labute approximate surface area is 138 Å². The van der Waals surface area contributed by atoms with Crippen LogP contribution < -0.4 is 5.32 Å². The molecule has 1 aromatic heterocycles. The van der Waals surface area contributed by atoms with Crippen LogP contribution in [0.5, 0.6) is 0 Å². The van der Waals surface area contributed by atoms with Gasteiger partial charge in [0, 0.05) is 17.0 Å². The molecule has 0 spiro atoms. The number of hydrogen-bond acceptors (Lipinski definition) is 3. The van der Waals surface area contributed by atoms with E-state index in [1.54, 1.807) is 26.0 Å². The Morgan fingerprint density at radius 2 is 2.00 bits per heavy atom. The molecule has 0 radical (unpaired) electrons. The number of nitrogens with zero attached hydrogens (tertiary/aromatic N) is 1. The van der Waals surface area contributed by atoms with Gasteiger partial charge in [0.15, 0.2) is 0 Å². The molecule has 2 aromatic rings. The second-order valence-corrected chi connectivity index (χ2v) is 6.56. The summed E-state index contributed by atoms with van der Waals surface area (Å²) in [4.78, 5) is 28.5. The molecule has 2 N–H and O–H groups in total. The first-order valence-corrected chi connectivity index (χ1v) is 8.00. The number of carbonyl (C=O) groups is 2. The second kappa shape index (κ2) is 6.19. The topological polar surface area (TPSA) is 79.3 Å². The number of carbonyl (C=O) groups excluding carboxylic acids is 1. The Morgan fingerprint density at radius 1 is 1.29 bits per heavy atom. The molecular weight excluding hydrogens is 311 g/mol. The summed E-state index contributed by atoms with van der Waals surface area (Å²) in [5.41, 5.74) is 1.62. The molecule has 3 rings (SSSR count). The molecule has 126 valence electrons. The molecule has 24 heavy (non-hydrogen) atoms. The third kappa shape index (κ3) is 3.22. The maximum atomic E-state index is 13.6. The van der Waals surface area contributed by atoms with E-state index in [9.17, 15) is 19.1 Å². The van der Waals surface area contributed by atoms with Crippen LogP contribution in [0.3, 0.4) is 0 Å². The predicted octanol–water partition coefficient (Wildman–Crippen LogP) is 3.09. The van der Waals surface area contributed by atoms with Gasteiger partial charge in [0.2, 0.25) is 0 Å². The summed E-state index contributed by atoms with van der Waals surface area (Å²) < 4.78 is 13.6. The molecule has 0 unspecified atom stereocenters. The smallest absolute Gasteiger partial charge is 0.326 e. The van der Waals surface area contributed by atoms with Crippen LogP contribution in [0.15, 0.2) is 24.3 Å². The molecule has 0 aliphatic heterocycles. The van der Waals surface area contributed by atoms with Crippen LogP contribution in [-0.2, 0) is 4.79 Å². The van der Waals surface area contributed by atoms with Crippen LogP contribution in [-0.4, -0.2) is 28.0 Å². The predicted molar refractivity (Wildman–Crippen MR) is 87.4 cm³/mol. The molecule has 5 nitrogen and oxygen atoms in total. The van der Waals surface area contributed by atoms with Crippen molar-refractivity contribution in [3.8, 4) is 0 Å². The van der Waals surface area contributed by atoms with E-state index in [0.717, 1.165) is 18.5 Å².